The summed E-state index contributed by atoms with van der Waals surface area (Å²) in [5.41, 5.74) is 18.8. The highest BCUT2D eigenvalue weighted by Gasteiger charge is 2.45. The molecule has 0 aliphatic heterocycles. The number of fused-ring (bicyclic) bond motifs is 3. The molecule has 1 atom stereocenters. The van der Waals surface area contributed by atoms with Gasteiger partial charge >= 0.3 is 0 Å². The highest BCUT2D eigenvalue weighted by molar-refractivity contribution is 5.87. The van der Waals surface area contributed by atoms with Gasteiger partial charge in [-0.15, -0.1) is 6.42 Å². The molecule has 0 aromatic heterocycles. The molecule has 64 heavy (non-hydrogen) atoms. The number of hydrogen-bond donors (Lipinski definition) is 1. The first-order valence-electron chi connectivity index (χ1n) is 24.0. The molecule has 1 unspecified atom stereocenters. The van der Waals surface area contributed by atoms with Crippen LogP contribution in [0.15, 0.2) is 187 Å². The maximum atomic E-state index is 5.75. The lowest BCUT2D eigenvalue weighted by molar-refractivity contribution is 0.643. The van der Waals surface area contributed by atoms with Gasteiger partial charge in [-0.25, -0.2) is 0 Å². The zero-order valence-corrected chi connectivity index (χ0v) is 42.2. The van der Waals surface area contributed by atoms with Gasteiger partial charge in [0.1, 0.15) is 0 Å². The van der Waals surface area contributed by atoms with Crippen molar-refractivity contribution in [3.63, 3.8) is 0 Å². The highest BCUT2D eigenvalue weighted by Crippen LogP contribution is 2.53. The lowest BCUT2D eigenvalue weighted by Gasteiger charge is -2.34. The van der Waals surface area contributed by atoms with Crippen molar-refractivity contribution < 1.29 is 0 Å². The number of terminal acetylenes is 1. The van der Waals surface area contributed by atoms with E-state index in [0.29, 0.717) is 0 Å². The minimum atomic E-state index is -0.326. The monoisotopic (exact) mass is 854 g/mol. The van der Waals surface area contributed by atoms with Gasteiger partial charge in [-0.1, -0.05) is 259 Å². The van der Waals surface area contributed by atoms with E-state index in [9.17, 15) is 0 Å². The van der Waals surface area contributed by atoms with Crippen molar-refractivity contribution in [2.45, 2.75) is 139 Å². The summed E-state index contributed by atoms with van der Waals surface area (Å²) in [5.74, 6) is 2.78. The van der Waals surface area contributed by atoms with Crippen molar-refractivity contribution in [1.29, 1.82) is 0 Å². The molecule has 340 valence electrons. The van der Waals surface area contributed by atoms with Crippen molar-refractivity contribution in [3.05, 3.63) is 226 Å². The highest BCUT2D eigenvalue weighted by atomic mass is 14.5. The van der Waals surface area contributed by atoms with Crippen LogP contribution in [-0.2, 0) is 23.7 Å². The van der Waals surface area contributed by atoms with Crippen LogP contribution in [-0.4, -0.2) is 0 Å². The van der Waals surface area contributed by atoms with Gasteiger partial charge in [-0.2, -0.15) is 0 Å². The normalized spacial score (nSPS) is 16.3. The topological polar surface area (TPSA) is 26.0 Å². The Morgan fingerprint density at radius 2 is 1.22 bits per heavy atom. The van der Waals surface area contributed by atoms with Crippen LogP contribution in [0.2, 0.25) is 0 Å². The van der Waals surface area contributed by atoms with Crippen LogP contribution in [0.25, 0.3) is 10.8 Å². The third kappa shape index (κ3) is 15.2. The van der Waals surface area contributed by atoms with Crippen molar-refractivity contribution in [2.75, 3.05) is 0 Å². The van der Waals surface area contributed by atoms with Gasteiger partial charge in [0, 0.05) is 11.0 Å². The van der Waals surface area contributed by atoms with Crippen LogP contribution in [0.5, 0.6) is 0 Å². The van der Waals surface area contributed by atoms with E-state index >= 15 is 0 Å². The fraction of sp³-hybridized carbons (Fsp3) is 0.333. The molecular weight excluding hydrogens is 771 g/mol. The van der Waals surface area contributed by atoms with Gasteiger partial charge < -0.3 is 5.73 Å². The number of aryl methyl sites for hydroxylation is 1. The molecule has 5 aromatic carbocycles. The Balaban J connectivity index is 0.000000511. The molecule has 0 amide bonds. The maximum Gasteiger partial charge on any atom is 0.0670 e. The number of unbranched alkanes of at least 4 members (excludes halogenated alkanes) is 1. The average Bonchev–Trinajstić information content (AvgIpc) is 3.79. The molecule has 0 heterocycles. The van der Waals surface area contributed by atoms with Gasteiger partial charge in [0.25, 0.3) is 0 Å². The van der Waals surface area contributed by atoms with Crippen LogP contribution >= 0.6 is 0 Å². The Kier molecular flexibility index (Phi) is 27.3. The van der Waals surface area contributed by atoms with Crippen LogP contribution in [0.3, 0.4) is 0 Å². The zero-order valence-electron chi connectivity index (χ0n) is 42.2. The predicted octanol–water partition coefficient (Wildman–Crippen LogP) is 17.9. The molecule has 0 bridgehead atoms. The summed E-state index contributed by atoms with van der Waals surface area (Å²) in [7, 11) is 0. The van der Waals surface area contributed by atoms with Crippen molar-refractivity contribution in [2.24, 2.45) is 5.73 Å². The van der Waals surface area contributed by atoms with Gasteiger partial charge in [-0.05, 0) is 107 Å². The van der Waals surface area contributed by atoms with E-state index in [-0.39, 0.29) is 10.8 Å². The molecule has 1 heteroatoms. The van der Waals surface area contributed by atoms with Gasteiger partial charge in [0.15, 0.2) is 0 Å². The summed E-state index contributed by atoms with van der Waals surface area (Å²) in [6.45, 7) is 30.9. The Morgan fingerprint density at radius 3 is 1.72 bits per heavy atom. The number of rotatable bonds is 7. The van der Waals surface area contributed by atoms with Crippen LogP contribution in [0, 0.1) is 19.3 Å². The second kappa shape index (κ2) is 31.1. The lowest BCUT2D eigenvalue weighted by atomic mass is 9.67. The first-order valence-corrected chi connectivity index (χ1v) is 24.0. The lowest BCUT2D eigenvalue weighted by Crippen LogP contribution is -2.28. The molecule has 0 fully saturated rings. The number of hydrogen-bond acceptors (Lipinski definition) is 1. The molecule has 0 saturated heterocycles. The first kappa shape index (κ1) is 56.2. The average molecular weight is 854 g/mol. The molecule has 2 aliphatic rings. The number of nitrogens with two attached hydrogens (primary N) is 1. The third-order valence-corrected chi connectivity index (χ3v) is 11.0. The SMILES string of the molecule is C#CC(=C/CC)/C=C1\Cc2ccccc2C1(C)C.C=C/C=C/C.CC.CC.CCC.CCCC.Cc1ccc(C2(c3ccccc3)/C(=C/C=C\N)Cc3cc4ccccc4cc32)cc1. The summed E-state index contributed by atoms with van der Waals surface area (Å²) in [6.07, 6.45) is 28.1. The summed E-state index contributed by atoms with van der Waals surface area (Å²) in [5, 5.41) is 2.57. The van der Waals surface area contributed by atoms with Crippen LogP contribution < -0.4 is 5.73 Å². The van der Waals surface area contributed by atoms with Crippen LogP contribution in [0.4, 0.5) is 0 Å². The van der Waals surface area contributed by atoms with Gasteiger partial charge in [0.05, 0.1) is 5.41 Å². The smallest absolute Gasteiger partial charge is 0.0670 e. The van der Waals surface area contributed by atoms with Crippen molar-refractivity contribution in [1.82, 2.24) is 0 Å². The standard InChI is InChI=1S/C29H25N.C18H20.C5H8.C4H10.C3H8.2C2H6/c1-21-13-15-26(16-14-21)29(25-10-3-2-4-11-25)27(12-7-17-30)19-24-18-22-8-5-6-9-23(22)20-28(24)29;1-5-9-14(6-2)12-16-13-15-10-7-8-11-17(15)18(16,3)4;1-3-5-4-2;1-3-4-2;1-3-2;2*1-2/h2-18,20H,19,30H2,1H3;2,7-12H,5,13H2,1,3-4H3;3-5H,1H2,2H3;3-4H2,1-2H3;3H2,1-2H3;2*1-2H3/b17-7-,27-12+;14-9-,16-12+;5-4+;;;;. The minimum Gasteiger partial charge on any atom is -0.405 e. The number of benzene rings is 5. The maximum absolute atomic E-state index is 5.75. The molecule has 0 spiro atoms. The molecule has 7 rings (SSSR count). The largest absolute Gasteiger partial charge is 0.405 e. The van der Waals surface area contributed by atoms with Crippen LogP contribution in [0.1, 0.15) is 148 Å². The molecule has 2 aliphatic carbocycles. The Labute approximate surface area is 392 Å². The molecule has 1 nitrogen and oxygen atoms in total. The fourth-order valence-electron chi connectivity index (χ4n) is 7.81. The predicted molar refractivity (Wildman–Crippen MR) is 289 cm³/mol. The second-order valence-electron chi connectivity index (χ2n) is 15.9. The summed E-state index contributed by atoms with van der Waals surface area (Å²) in [6, 6.07) is 42.0. The van der Waals surface area contributed by atoms with Gasteiger partial charge in [0.2, 0.25) is 0 Å². The van der Waals surface area contributed by atoms with Crippen molar-refractivity contribution in [3.8, 4) is 12.3 Å². The van der Waals surface area contributed by atoms with E-state index in [1.807, 2.05) is 52.8 Å². The van der Waals surface area contributed by atoms with E-state index < -0.39 is 0 Å². The number of allylic oxidation sites excluding steroid dienone is 10. The molecule has 0 saturated carbocycles. The molecular formula is C63H83N. The van der Waals surface area contributed by atoms with E-state index in [1.54, 1.807) is 12.3 Å². The zero-order chi connectivity index (χ0) is 48.0. The Hall–Kier alpha value is -5.84. The summed E-state index contributed by atoms with van der Waals surface area (Å²) in [4.78, 5) is 0. The van der Waals surface area contributed by atoms with E-state index in [0.717, 1.165) is 24.8 Å². The molecule has 2 N–H and O–H groups in total. The first-order chi connectivity index (χ1) is 31.1. The van der Waals surface area contributed by atoms with E-state index in [4.69, 9.17) is 12.2 Å². The summed E-state index contributed by atoms with van der Waals surface area (Å²) < 4.78 is 0. The quantitative estimate of drug-likeness (QED) is 0.128. The Bertz CT molecular complexity index is 2280. The second-order valence-corrected chi connectivity index (χ2v) is 15.9. The van der Waals surface area contributed by atoms with E-state index in [2.05, 4.69) is 201 Å². The fourth-order valence-corrected chi connectivity index (χ4v) is 7.81. The van der Waals surface area contributed by atoms with Gasteiger partial charge in [-0.3, -0.25) is 0 Å². The minimum absolute atomic E-state index is 0.0975. The summed E-state index contributed by atoms with van der Waals surface area (Å²) >= 11 is 0. The molecule has 0 radical (unpaired) electrons. The Morgan fingerprint density at radius 1 is 0.688 bits per heavy atom. The third-order valence-electron chi connectivity index (χ3n) is 11.0. The van der Waals surface area contributed by atoms with Crippen molar-refractivity contribution >= 4 is 10.8 Å². The van der Waals surface area contributed by atoms with E-state index in [1.165, 1.54) is 80.1 Å². The molecule has 5 aromatic rings.